The third-order valence-corrected chi connectivity index (χ3v) is 2.49. The van der Waals surface area contributed by atoms with Gasteiger partial charge in [0.15, 0.2) is 6.29 Å². The van der Waals surface area contributed by atoms with E-state index in [0.717, 1.165) is 28.2 Å². The lowest BCUT2D eigenvalue weighted by Gasteiger charge is -1.90. The van der Waals surface area contributed by atoms with Crippen LogP contribution in [0.5, 0.6) is 0 Å². The van der Waals surface area contributed by atoms with Gasteiger partial charge in [-0.1, -0.05) is 0 Å². The first-order valence-corrected chi connectivity index (χ1v) is 4.53. The fourth-order valence-electron chi connectivity index (χ4n) is 1.83. The Morgan fingerprint density at radius 2 is 2.00 bits per heavy atom. The van der Waals surface area contributed by atoms with Crippen molar-refractivity contribution >= 4 is 28.2 Å². The first-order valence-electron chi connectivity index (χ1n) is 4.53. The van der Waals surface area contributed by atoms with Gasteiger partial charge in [0.05, 0.1) is 16.7 Å². The summed E-state index contributed by atoms with van der Waals surface area (Å²) in [5.74, 6) is -0.286. The summed E-state index contributed by atoms with van der Waals surface area (Å²) < 4.78 is 13.0. The summed E-state index contributed by atoms with van der Waals surface area (Å²) in [5, 5.41) is 0.762. The highest BCUT2D eigenvalue weighted by Gasteiger charge is 2.08. The Balaban J connectivity index is 2.47. The SMILES string of the molecule is O=Cc1cc2[nH]c3ccc(F)cc3c2[nH]1. The molecule has 74 valence electrons. The van der Waals surface area contributed by atoms with Crippen molar-refractivity contribution in [3.8, 4) is 0 Å². The first kappa shape index (κ1) is 8.23. The van der Waals surface area contributed by atoms with Crippen molar-refractivity contribution in [1.82, 2.24) is 9.97 Å². The van der Waals surface area contributed by atoms with E-state index in [1.165, 1.54) is 12.1 Å². The molecule has 0 aliphatic carbocycles. The van der Waals surface area contributed by atoms with Gasteiger partial charge in [-0.25, -0.2) is 4.39 Å². The molecule has 2 N–H and O–H groups in total. The lowest BCUT2D eigenvalue weighted by molar-refractivity contribution is 0.112. The molecule has 0 spiro atoms. The van der Waals surface area contributed by atoms with Crippen molar-refractivity contribution in [2.45, 2.75) is 0 Å². The summed E-state index contributed by atoms with van der Waals surface area (Å²) in [5.41, 5.74) is 2.93. The molecular formula is C11H7FN2O. The summed E-state index contributed by atoms with van der Waals surface area (Å²) >= 11 is 0. The number of carbonyl (C=O) groups excluding carboxylic acids is 1. The van der Waals surface area contributed by atoms with Crippen LogP contribution in [0.4, 0.5) is 4.39 Å². The van der Waals surface area contributed by atoms with E-state index in [-0.39, 0.29) is 5.82 Å². The molecule has 0 unspecified atom stereocenters. The second-order valence-corrected chi connectivity index (χ2v) is 3.45. The lowest BCUT2D eigenvalue weighted by atomic mass is 10.2. The summed E-state index contributed by atoms with van der Waals surface area (Å²) in [4.78, 5) is 16.6. The maximum absolute atomic E-state index is 13.0. The minimum Gasteiger partial charge on any atom is -0.353 e. The number of halogens is 1. The van der Waals surface area contributed by atoms with Gasteiger partial charge in [0.25, 0.3) is 0 Å². The molecule has 0 saturated heterocycles. The largest absolute Gasteiger partial charge is 0.353 e. The maximum atomic E-state index is 13.0. The molecule has 1 aromatic carbocycles. The number of carbonyl (C=O) groups is 1. The van der Waals surface area contributed by atoms with Crippen molar-refractivity contribution in [3.05, 3.63) is 35.8 Å². The van der Waals surface area contributed by atoms with Gasteiger partial charge < -0.3 is 9.97 Å². The maximum Gasteiger partial charge on any atom is 0.166 e. The molecule has 0 saturated carbocycles. The Bertz CT molecular complexity index is 666. The normalized spacial score (nSPS) is 11.3. The van der Waals surface area contributed by atoms with Gasteiger partial charge >= 0.3 is 0 Å². The van der Waals surface area contributed by atoms with Crippen molar-refractivity contribution in [1.29, 1.82) is 0 Å². The number of H-pyrrole nitrogens is 2. The predicted molar refractivity (Wildman–Crippen MR) is 55.5 cm³/mol. The fourth-order valence-corrected chi connectivity index (χ4v) is 1.83. The minimum atomic E-state index is -0.286. The quantitative estimate of drug-likeness (QED) is 0.585. The van der Waals surface area contributed by atoms with E-state index in [0.29, 0.717) is 5.69 Å². The van der Waals surface area contributed by atoms with E-state index in [1.807, 2.05) is 0 Å². The highest BCUT2D eigenvalue weighted by Crippen LogP contribution is 2.25. The fraction of sp³-hybridized carbons (Fsp3) is 0. The number of rotatable bonds is 1. The molecule has 0 bridgehead atoms. The van der Waals surface area contributed by atoms with Crippen molar-refractivity contribution in [2.75, 3.05) is 0 Å². The summed E-state index contributed by atoms with van der Waals surface area (Å²) in [6.45, 7) is 0. The number of benzene rings is 1. The van der Waals surface area contributed by atoms with Crippen LogP contribution in [0.1, 0.15) is 10.5 Å². The van der Waals surface area contributed by atoms with Gasteiger partial charge in [0, 0.05) is 10.9 Å². The number of aromatic amines is 2. The molecule has 4 heteroatoms. The molecule has 0 aliphatic rings. The molecule has 0 atom stereocenters. The smallest absolute Gasteiger partial charge is 0.166 e. The van der Waals surface area contributed by atoms with E-state index in [1.54, 1.807) is 12.1 Å². The zero-order valence-corrected chi connectivity index (χ0v) is 7.67. The van der Waals surface area contributed by atoms with E-state index >= 15 is 0 Å². The highest BCUT2D eigenvalue weighted by atomic mass is 19.1. The topological polar surface area (TPSA) is 48.6 Å². The van der Waals surface area contributed by atoms with Gasteiger partial charge in [-0.15, -0.1) is 0 Å². The van der Waals surface area contributed by atoms with Crippen LogP contribution < -0.4 is 0 Å². The zero-order chi connectivity index (χ0) is 10.4. The Hall–Kier alpha value is -2.10. The average Bonchev–Trinajstić information content (AvgIpc) is 2.75. The van der Waals surface area contributed by atoms with E-state index in [9.17, 15) is 9.18 Å². The van der Waals surface area contributed by atoms with Crippen LogP contribution in [0.2, 0.25) is 0 Å². The van der Waals surface area contributed by atoms with Crippen LogP contribution in [0.3, 0.4) is 0 Å². The van der Waals surface area contributed by atoms with Gasteiger partial charge in [-0.2, -0.15) is 0 Å². The van der Waals surface area contributed by atoms with E-state index in [4.69, 9.17) is 0 Å². The Morgan fingerprint density at radius 1 is 1.13 bits per heavy atom. The number of nitrogens with one attached hydrogen (secondary N) is 2. The van der Waals surface area contributed by atoms with Crippen molar-refractivity contribution in [3.63, 3.8) is 0 Å². The van der Waals surface area contributed by atoms with Crippen LogP contribution >= 0.6 is 0 Å². The number of aldehydes is 1. The van der Waals surface area contributed by atoms with Gasteiger partial charge in [0.1, 0.15) is 5.82 Å². The van der Waals surface area contributed by atoms with Gasteiger partial charge in [-0.05, 0) is 24.3 Å². The van der Waals surface area contributed by atoms with E-state index in [2.05, 4.69) is 9.97 Å². The molecule has 3 nitrogen and oxygen atoms in total. The Labute approximate surface area is 83.9 Å². The third kappa shape index (κ3) is 1.08. The molecular weight excluding hydrogens is 195 g/mol. The Kier molecular flexibility index (Phi) is 1.48. The number of hydrogen-bond acceptors (Lipinski definition) is 1. The molecule has 0 aliphatic heterocycles. The van der Waals surface area contributed by atoms with E-state index < -0.39 is 0 Å². The zero-order valence-electron chi connectivity index (χ0n) is 7.67. The summed E-state index contributed by atoms with van der Waals surface area (Å²) in [6, 6.07) is 6.23. The molecule has 3 rings (SSSR count). The molecule has 2 aromatic heterocycles. The third-order valence-electron chi connectivity index (χ3n) is 2.49. The predicted octanol–water partition coefficient (Wildman–Crippen LogP) is 2.60. The van der Waals surface area contributed by atoms with Crippen LogP contribution in [0.15, 0.2) is 24.3 Å². The van der Waals surface area contributed by atoms with Gasteiger partial charge in [-0.3, -0.25) is 4.79 Å². The summed E-state index contributed by atoms with van der Waals surface area (Å²) in [6.07, 6.45) is 0.735. The molecule has 0 fully saturated rings. The van der Waals surface area contributed by atoms with Crippen molar-refractivity contribution < 1.29 is 9.18 Å². The van der Waals surface area contributed by atoms with Gasteiger partial charge in [0.2, 0.25) is 0 Å². The standard InChI is InChI=1S/C11H7FN2O/c12-6-1-2-9-8(3-6)11-10(14-9)4-7(5-15)13-11/h1-5,13-14H. The first-order chi connectivity index (χ1) is 7.28. The molecule has 0 radical (unpaired) electrons. The lowest BCUT2D eigenvalue weighted by Crippen LogP contribution is -1.78. The Morgan fingerprint density at radius 3 is 2.80 bits per heavy atom. The molecule has 0 amide bonds. The monoisotopic (exact) mass is 202 g/mol. The van der Waals surface area contributed by atoms with Crippen LogP contribution in [-0.2, 0) is 0 Å². The number of aromatic nitrogens is 2. The number of hydrogen-bond donors (Lipinski definition) is 2. The second-order valence-electron chi connectivity index (χ2n) is 3.45. The molecule has 15 heavy (non-hydrogen) atoms. The minimum absolute atomic E-state index is 0.286. The number of fused-ring (bicyclic) bond motifs is 3. The van der Waals surface area contributed by atoms with Crippen LogP contribution in [0, 0.1) is 5.82 Å². The molecule has 3 aromatic rings. The van der Waals surface area contributed by atoms with Crippen LogP contribution in [0.25, 0.3) is 21.9 Å². The van der Waals surface area contributed by atoms with Crippen molar-refractivity contribution in [2.24, 2.45) is 0 Å². The second kappa shape index (κ2) is 2.70. The highest BCUT2D eigenvalue weighted by molar-refractivity contribution is 6.06. The average molecular weight is 202 g/mol. The van der Waals surface area contributed by atoms with Crippen LogP contribution in [-0.4, -0.2) is 16.3 Å². The molecule has 2 heterocycles. The summed E-state index contributed by atoms with van der Waals surface area (Å²) in [7, 11) is 0.